The average molecular weight is 539 g/mol. The fourth-order valence-electron chi connectivity index (χ4n) is 3.97. The predicted molar refractivity (Wildman–Crippen MR) is 140 cm³/mol. The number of esters is 1. The van der Waals surface area contributed by atoms with Crippen molar-refractivity contribution in [2.75, 3.05) is 19.5 Å². The number of nitrogens with zero attached hydrogens (tertiary/aromatic N) is 3. The van der Waals surface area contributed by atoms with Crippen molar-refractivity contribution in [3.8, 4) is 17.2 Å². The van der Waals surface area contributed by atoms with Crippen LogP contribution in [0.15, 0.2) is 53.7 Å². The summed E-state index contributed by atoms with van der Waals surface area (Å²) in [6, 6.07) is 13.2. The second kappa shape index (κ2) is 12.0. The molecule has 0 saturated carbocycles. The number of aromatic amines is 1. The Kier molecular flexibility index (Phi) is 8.47. The number of halogens is 1. The molecule has 0 aliphatic heterocycles. The quantitative estimate of drug-likeness (QED) is 0.160. The van der Waals surface area contributed by atoms with E-state index < -0.39 is 11.8 Å². The van der Waals surface area contributed by atoms with E-state index in [1.165, 1.54) is 10.6 Å². The molecule has 0 unspecified atom stereocenters. The summed E-state index contributed by atoms with van der Waals surface area (Å²) in [6.45, 7) is 5.34. The molecule has 0 aliphatic carbocycles. The summed E-state index contributed by atoms with van der Waals surface area (Å²) in [4.78, 5) is 28.8. The van der Waals surface area contributed by atoms with Crippen molar-refractivity contribution in [2.24, 2.45) is 0 Å². The first-order chi connectivity index (χ1) is 18.3. The summed E-state index contributed by atoms with van der Waals surface area (Å²) in [5, 5.41) is 8.73. The number of aryl methyl sites for hydroxylation is 2. The summed E-state index contributed by atoms with van der Waals surface area (Å²) < 4.78 is 32.5. The number of aromatic nitrogens is 4. The number of carbonyl (C=O) groups is 2. The Morgan fingerprint density at radius 3 is 2.37 bits per heavy atom. The zero-order chi connectivity index (χ0) is 27.2. The van der Waals surface area contributed by atoms with Gasteiger partial charge in [-0.3, -0.25) is 9.36 Å². The molecule has 11 heteroatoms. The summed E-state index contributed by atoms with van der Waals surface area (Å²) in [5.41, 5.74) is 1.84. The van der Waals surface area contributed by atoms with Crippen LogP contribution in [-0.4, -0.2) is 51.0 Å². The lowest BCUT2D eigenvalue weighted by Gasteiger charge is -2.12. The van der Waals surface area contributed by atoms with E-state index >= 15 is 0 Å². The van der Waals surface area contributed by atoms with Gasteiger partial charge in [-0.1, -0.05) is 23.9 Å². The molecule has 0 atom stereocenters. The summed E-state index contributed by atoms with van der Waals surface area (Å²) in [6.07, 6.45) is 0. The van der Waals surface area contributed by atoms with Crippen LogP contribution in [0, 0.1) is 19.7 Å². The average Bonchev–Trinajstić information content (AvgIpc) is 3.45. The van der Waals surface area contributed by atoms with Crippen LogP contribution in [0.3, 0.4) is 0 Å². The Morgan fingerprint density at radius 1 is 1.00 bits per heavy atom. The minimum Gasteiger partial charge on any atom is -0.497 e. The summed E-state index contributed by atoms with van der Waals surface area (Å²) in [7, 11) is 1.58. The molecule has 38 heavy (non-hydrogen) atoms. The van der Waals surface area contributed by atoms with Crippen molar-refractivity contribution in [3.63, 3.8) is 0 Å². The highest BCUT2D eigenvalue weighted by Gasteiger charge is 2.26. The maximum absolute atomic E-state index is 14.8. The zero-order valence-corrected chi connectivity index (χ0v) is 22.2. The van der Waals surface area contributed by atoms with Gasteiger partial charge in [0.05, 0.1) is 36.3 Å². The zero-order valence-electron chi connectivity index (χ0n) is 21.4. The van der Waals surface area contributed by atoms with Gasteiger partial charge in [0, 0.05) is 11.4 Å². The first kappa shape index (κ1) is 26.9. The smallest absolute Gasteiger partial charge is 0.340 e. The van der Waals surface area contributed by atoms with Crippen LogP contribution in [0.25, 0.3) is 5.69 Å². The molecule has 2 aromatic carbocycles. The van der Waals surface area contributed by atoms with Crippen molar-refractivity contribution in [1.29, 1.82) is 0 Å². The van der Waals surface area contributed by atoms with E-state index in [9.17, 15) is 14.0 Å². The molecule has 4 aromatic rings. The van der Waals surface area contributed by atoms with Gasteiger partial charge in [-0.15, -0.1) is 10.2 Å². The fraction of sp³-hybridized carbons (Fsp3) is 0.259. The Hall–Kier alpha value is -4.12. The van der Waals surface area contributed by atoms with Gasteiger partial charge in [-0.05, 0) is 57.2 Å². The van der Waals surface area contributed by atoms with Crippen LogP contribution in [0.2, 0.25) is 0 Å². The molecule has 0 saturated heterocycles. The molecule has 0 fully saturated rings. The van der Waals surface area contributed by atoms with E-state index in [0.29, 0.717) is 33.9 Å². The minimum atomic E-state index is -0.560. The third-order valence-electron chi connectivity index (χ3n) is 5.69. The van der Waals surface area contributed by atoms with Gasteiger partial charge in [0.2, 0.25) is 0 Å². The van der Waals surface area contributed by atoms with Crippen LogP contribution < -0.4 is 9.47 Å². The molecular weight excluding hydrogens is 511 g/mol. The third kappa shape index (κ3) is 5.72. The van der Waals surface area contributed by atoms with Gasteiger partial charge in [0.15, 0.2) is 16.8 Å². The van der Waals surface area contributed by atoms with Gasteiger partial charge in [0.25, 0.3) is 0 Å². The monoisotopic (exact) mass is 538 g/mol. The first-order valence-electron chi connectivity index (χ1n) is 11.8. The second-order valence-electron chi connectivity index (χ2n) is 8.21. The molecular formula is C27H27FN4O5S. The number of ether oxygens (including phenoxy) is 3. The number of H-pyrrole nitrogens is 1. The molecule has 0 spiro atoms. The SMILES string of the molecule is CCOC(=O)c1c(C)[nH]c(C)c1C(=O)CSc1nnc(COc2ccc(OC)cc2)n1-c1ccccc1F. The van der Waals surface area contributed by atoms with Crippen molar-refractivity contribution in [3.05, 3.63) is 82.7 Å². The lowest BCUT2D eigenvalue weighted by atomic mass is 10.1. The maximum atomic E-state index is 14.8. The first-order valence-corrected chi connectivity index (χ1v) is 12.8. The van der Waals surface area contributed by atoms with Crippen LogP contribution in [0.1, 0.15) is 44.9 Å². The maximum Gasteiger partial charge on any atom is 0.340 e. The highest BCUT2D eigenvalue weighted by atomic mass is 32.2. The number of carbonyl (C=O) groups excluding carboxylic acids is 2. The molecule has 4 rings (SSSR count). The minimum absolute atomic E-state index is 0.00525. The number of ketones is 1. The second-order valence-corrected chi connectivity index (χ2v) is 9.15. The van der Waals surface area contributed by atoms with Gasteiger partial charge in [-0.25, -0.2) is 9.18 Å². The van der Waals surface area contributed by atoms with Gasteiger partial charge in [-0.2, -0.15) is 0 Å². The lowest BCUT2D eigenvalue weighted by Crippen LogP contribution is -2.14. The highest BCUT2D eigenvalue weighted by molar-refractivity contribution is 7.99. The normalized spacial score (nSPS) is 10.9. The molecule has 0 radical (unpaired) electrons. The Morgan fingerprint density at radius 2 is 1.68 bits per heavy atom. The number of thioether (sulfide) groups is 1. The van der Waals surface area contributed by atoms with Crippen molar-refractivity contribution >= 4 is 23.5 Å². The topological polar surface area (TPSA) is 108 Å². The van der Waals surface area contributed by atoms with Crippen molar-refractivity contribution in [1.82, 2.24) is 19.7 Å². The van der Waals surface area contributed by atoms with Crippen LogP contribution in [0.5, 0.6) is 11.5 Å². The number of hydrogen-bond acceptors (Lipinski definition) is 8. The van der Waals surface area contributed by atoms with E-state index in [-0.39, 0.29) is 41.6 Å². The van der Waals surface area contributed by atoms with E-state index in [0.717, 1.165) is 11.8 Å². The van der Waals surface area contributed by atoms with E-state index in [2.05, 4.69) is 15.2 Å². The van der Waals surface area contributed by atoms with Gasteiger partial charge in [0.1, 0.15) is 23.9 Å². The number of nitrogens with one attached hydrogen (secondary N) is 1. The number of benzene rings is 2. The highest BCUT2D eigenvalue weighted by Crippen LogP contribution is 2.28. The molecule has 198 valence electrons. The van der Waals surface area contributed by atoms with Gasteiger partial charge < -0.3 is 19.2 Å². The molecule has 0 aliphatic rings. The Balaban J connectivity index is 1.59. The number of para-hydroxylation sites is 1. The summed E-state index contributed by atoms with van der Waals surface area (Å²) >= 11 is 1.09. The van der Waals surface area contributed by atoms with Crippen LogP contribution in [0.4, 0.5) is 4.39 Å². The van der Waals surface area contributed by atoms with E-state index in [1.54, 1.807) is 70.3 Å². The molecule has 0 bridgehead atoms. The summed E-state index contributed by atoms with van der Waals surface area (Å²) in [5.74, 6) is 0.220. The largest absolute Gasteiger partial charge is 0.497 e. The molecule has 1 N–H and O–H groups in total. The van der Waals surface area contributed by atoms with E-state index in [4.69, 9.17) is 14.2 Å². The van der Waals surface area contributed by atoms with Gasteiger partial charge >= 0.3 is 5.97 Å². The number of methoxy groups -OCH3 is 1. The lowest BCUT2D eigenvalue weighted by molar-refractivity contribution is 0.0522. The molecule has 9 nitrogen and oxygen atoms in total. The predicted octanol–water partition coefficient (Wildman–Crippen LogP) is 5.09. The molecule has 2 heterocycles. The molecule has 2 aromatic heterocycles. The van der Waals surface area contributed by atoms with E-state index in [1.807, 2.05) is 0 Å². The van der Waals surface area contributed by atoms with Crippen molar-refractivity contribution in [2.45, 2.75) is 32.5 Å². The van der Waals surface area contributed by atoms with Crippen LogP contribution >= 0.6 is 11.8 Å². The molecule has 0 amide bonds. The third-order valence-corrected chi connectivity index (χ3v) is 6.62. The number of Topliss-reactive ketones (excluding diaryl/α,β-unsaturated/α-hetero) is 1. The fourth-order valence-corrected chi connectivity index (χ4v) is 4.81. The number of rotatable bonds is 11. The standard InChI is InChI=1S/C27H27FN4O5S/c1-5-36-26(34)25-17(3)29-16(2)24(25)22(33)15-38-27-31-30-23(32(27)21-9-7-6-8-20(21)28)14-37-19-12-10-18(35-4)11-13-19/h6-13,29H,5,14-15H2,1-4H3. The van der Waals surface area contributed by atoms with Crippen molar-refractivity contribution < 1.29 is 28.2 Å². The Bertz CT molecular complexity index is 1450. The Labute approximate surface area is 223 Å². The number of hydrogen-bond donors (Lipinski definition) is 1. The van der Waals surface area contributed by atoms with Crippen LogP contribution in [-0.2, 0) is 11.3 Å².